The summed E-state index contributed by atoms with van der Waals surface area (Å²) in [6, 6.07) is 6.62. The van der Waals surface area contributed by atoms with Crippen LogP contribution in [0.2, 0.25) is 0 Å². The first-order valence-corrected chi connectivity index (χ1v) is 10.5. The van der Waals surface area contributed by atoms with Gasteiger partial charge in [0, 0.05) is 32.1 Å². The van der Waals surface area contributed by atoms with E-state index in [0.29, 0.717) is 31.3 Å². The lowest BCUT2D eigenvalue weighted by molar-refractivity contribution is -0.121. The number of morpholine rings is 1. The van der Waals surface area contributed by atoms with Crippen LogP contribution in [-0.4, -0.2) is 58.1 Å². The summed E-state index contributed by atoms with van der Waals surface area (Å²) >= 11 is 0. The van der Waals surface area contributed by atoms with Crippen LogP contribution in [0.5, 0.6) is 0 Å². The van der Waals surface area contributed by atoms with Crippen LogP contribution in [0.4, 0.5) is 0 Å². The SMILES string of the molecule is CC(C)C(CNC(=O)CCc1ccc(S(N)(=O)=O)cc1)N1CCOCC1. The van der Waals surface area contributed by atoms with Crippen molar-refractivity contribution in [3.8, 4) is 0 Å². The Labute approximate surface area is 155 Å². The Morgan fingerprint density at radius 1 is 1.23 bits per heavy atom. The molecular formula is C18H29N3O4S. The number of hydrogen-bond donors (Lipinski definition) is 2. The smallest absolute Gasteiger partial charge is 0.238 e. The molecular weight excluding hydrogens is 354 g/mol. The number of hydrogen-bond acceptors (Lipinski definition) is 5. The molecule has 0 bridgehead atoms. The fraction of sp³-hybridized carbons (Fsp3) is 0.611. The van der Waals surface area contributed by atoms with Gasteiger partial charge in [0.05, 0.1) is 18.1 Å². The number of aryl methyl sites for hydroxylation is 1. The lowest BCUT2D eigenvalue weighted by Gasteiger charge is -2.36. The number of carbonyl (C=O) groups excluding carboxylic acids is 1. The van der Waals surface area contributed by atoms with Crippen LogP contribution >= 0.6 is 0 Å². The molecule has 0 aliphatic carbocycles. The number of nitrogens with one attached hydrogen (secondary N) is 1. The number of amides is 1. The second-order valence-corrected chi connectivity index (χ2v) is 8.51. The topological polar surface area (TPSA) is 102 Å². The zero-order chi connectivity index (χ0) is 19.2. The first kappa shape index (κ1) is 20.8. The molecule has 26 heavy (non-hydrogen) atoms. The third kappa shape index (κ3) is 6.35. The molecule has 0 spiro atoms. The number of nitrogens with two attached hydrogens (primary N) is 1. The van der Waals surface area contributed by atoms with E-state index in [9.17, 15) is 13.2 Å². The number of nitrogens with zero attached hydrogens (tertiary/aromatic N) is 1. The Morgan fingerprint density at radius 3 is 2.38 bits per heavy atom. The highest BCUT2D eigenvalue weighted by Crippen LogP contribution is 2.13. The molecule has 1 amide bonds. The normalized spacial score (nSPS) is 17.2. The van der Waals surface area contributed by atoms with E-state index < -0.39 is 10.0 Å². The molecule has 3 N–H and O–H groups in total. The number of sulfonamides is 1. The van der Waals surface area contributed by atoms with Gasteiger partial charge in [0.2, 0.25) is 15.9 Å². The Balaban J connectivity index is 1.80. The monoisotopic (exact) mass is 383 g/mol. The van der Waals surface area contributed by atoms with Crippen LogP contribution in [0.3, 0.4) is 0 Å². The minimum atomic E-state index is -3.68. The van der Waals surface area contributed by atoms with Crippen molar-refractivity contribution < 1.29 is 17.9 Å². The maximum Gasteiger partial charge on any atom is 0.238 e. The van der Waals surface area contributed by atoms with Gasteiger partial charge in [-0.05, 0) is 30.0 Å². The molecule has 146 valence electrons. The average Bonchev–Trinajstić information content (AvgIpc) is 2.60. The Hall–Kier alpha value is -1.48. The highest BCUT2D eigenvalue weighted by molar-refractivity contribution is 7.89. The fourth-order valence-electron chi connectivity index (χ4n) is 3.11. The van der Waals surface area contributed by atoms with Crippen molar-refractivity contribution in [3.63, 3.8) is 0 Å². The number of rotatable bonds is 8. The molecule has 1 aromatic rings. The lowest BCUT2D eigenvalue weighted by atomic mass is 10.0. The number of primary sulfonamides is 1. The van der Waals surface area contributed by atoms with E-state index in [2.05, 4.69) is 24.1 Å². The van der Waals surface area contributed by atoms with Crippen LogP contribution < -0.4 is 10.5 Å². The zero-order valence-corrected chi connectivity index (χ0v) is 16.3. The summed E-state index contributed by atoms with van der Waals surface area (Å²) in [5.41, 5.74) is 0.904. The number of benzene rings is 1. The largest absolute Gasteiger partial charge is 0.379 e. The zero-order valence-electron chi connectivity index (χ0n) is 15.5. The standard InChI is InChI=1S/C18H29N3O4S/c1-14(2)17(21-9-11-25-12-10-21)13-20-18(22)8-5-15-3-6-16(7-4-15)26(19,23)24/h3-4,6-7,14,17H,5,8-13H2,1-2H3,(H,20,22)(H2,19,23,24). The van der Waals surface area contributed by atoms with Crippen molar-refractivity contribution in [2.24, 2.45) is 11.1 Å². The molecule has 0 aromatic heterocycles. The summed E-state index contributed by atoms with van der Waals surface area (Å²) in [7, 11) is -3.68. The summed E-state index contributed by atoms with van der Waals surface area (Å²) in [5.74, 6) is 0.443. The van der Waals surface area contributed by atoms with E-state index in [-0.39, 0.29) is 10.8 Å². The van der Waals surface area contributed by atoms with Crippen molar-refractivity contribution in [2.75, 3.05) is 32.8 Å². The van der Waals surface area contributed by atoms with Crippen LogP contribution in [0, 0.1) is 5.92 Å². The van der Waals surface area contributed by atoms with E-state index in [1.165, 1.54) is 12.1 Å². The molecule has 1 fully saturated rings. The predicted octanol–water partition coefficient (Wildman–Crippen LogP) is 0.740. The minimum absolute atomic E-state index is 0.000526. The van der Waals surface area contributed by atoms with E-state index in [4.69, 9.17) is 9.88 Å². The molecule has 1 atom stereocenters. The summed E-state index contributed by atoms with van der Waals surface area (Å²) in [4.78, 5) is 14.6. The Kier molecular flexibility index (Phi) is 7.57. The minimum Gasteiger partial charge on any atom is -0.379 e. The Morgan fingerprint density at radius 2 is 1.85 bits per heavy atom. The van der Waals surface area contributed by atoms with Gasteiger partial charge in [-0.15, -0.1) is 0 Å². The number of ether oxygens (including phenoxy) is 1. The van der Waals surface area contributed by atoms with Gasteiger partial charge in [-0.1, -0.05) is 26.0 Å². The number of carbonyl (C=O) groups is 1. The van der Waals surface area contributed by atoms with Crippen molar-refractivity contribution in [3.05, 3.63) is 29.8 Å². The van der Waals surface area contributed by atoms with Crippen LogP contribution in [0.25, 0.3) is 0 Å². The van der Waals surface area contributed by atoms with Crippen molar-refractivity contribution in [1.82, 2.24) is 10.2 Å². The maximum atomic E-state index is 12.2. The van der Waals surface area contributed by atoms with Gasteiger partial charge in [0.25, 0.3) is 0 Å². The van der Waals surface area contributed by atoms with Crippen molar-refractivity contribution in [2.45, 2.75) is 37.6 Å². The first-order valence-electron chi connectivity index (χ1n) is 8.97. The van der Waals surface area contributed by atoms with Gasteiger partial charge in [-0.25, -0.2) is 13.6 Å². The van der Waals surface area contributed by atoms with Gasteiger partial charge in [0.15, 0.2) is 0 Å². The maximum absolute atomic E-state index is 12.2. The second kappa shape index (κ2) is 9.45. The summed E-state index contributed by atoms with van der Waals surface area (Å²) in [6.45, 7) is 8.24. The van der Waals surface area contributed by atoms with E-state index >= 15 is 0 Å². The molecule has 7 nitrogen and oxygen atoms in total. The molecule has 1 heterocycles. The van der Waals surface area contributed by atoms with E-state index in [1.807, 2.05) is 0 Å². The van der Waals surface area contributed by atoms with Gasteiger partial charge < -0.3 is 10.1 Å². The average molecular weight is 384 g/mol. The molecule has 2 rings (SSSR count). The molecule has 1 aliphatic rings. The van der Waals surface area contributed by atoms with Crippen LogP contribution in [-0.2, 0) is 26.0 Å². The van der Waals surface area contributed by atoms with Gasteiger partial charge in [-0.3, -0.25) is 9.69 Å². The quantitative estimate of drug-likeness (QED) is 0.689. The van der Waals surface area contributed by atoms with Crippen molar-refractivity contribution in [1.29, 1.82) is 0 Å². The van der Waals surface area contributed by atoms with E-state index in [0.717, 1.165) is 31.9 Å². The molecule has 0 saturated carbocycles. The van der Waals surface area contributed by atoms with Gasteiger partial charge >= 0.3 is 0 Å². The third-order valence-electron chi connectivity index (χ3n) is 4.69. The molecule has 8 heteroatoms. The first-order chi connectivity index (χ1) is 12.3. The van der Waals surface area contributed by atoms with Gasteiger partial charge in [0.1, 0.15) is 0 Å². The van der Waals surface area contributed by atoms with Gasteiger partial charge in [-0.2, -0.15) is 0 Å². The second-order valence-electron chi connectivity index (χ2n) is 6.95. The third-order valence-corrected chi connectivity index (χ3v) is 5.61. The predicted molar refractivity (Wildman–Crippen MR) is 100 cm³/mol. The van der Waals surface area contributed by atoms with E-state index in [1.54, 1.807) is 12.1 Å². The highest BCUT2D eigenvalue weighted by atomic mass is 32.2. The lowest BCUT2D eigenvalue weighted by Crippen LogP contribution is -2.51. The molecule has 1 unspecified atom stereocenters. The molecule has 1 aromatic carbocycles. The molecule has 1 aliphatic heterocycles. The summed E-state index contributed by atoms with van der Waals surface area (Å²) in [6.07, 6.45) is 0.920. The summed E-state index contributed by atoms with van der Waals surface area (Å²) in [5, 5.41) is 8.11. The highest BCUT2D eigenvalue weighted by Gasteiger charge is 2.24. The van der Waals surface area contributed by atoms with Crippen LogP contribution in [0.1, 0.15) is 25.8 Å². The van der Waals surface area contributed by atoms with Crippen molar-refractivity contribution >= 4 is 15.9 Å². The van der Waals surface area contributed by atoms with Crippen LogP contribution in [0.15, 0.2) is 29.2 Å². The fourth-order valence-corrected chi connectivity index (χ4v) is 3.62. The molecule has 0 radical (unpaired) electrons. The molecule has 1 saturated heterocycles. The Bertz CT molecular complexity index is 683. The summed E-state index contributed by atoms with van der Waals surface area (Å²) < 4.78 is 27.9.